The fourth-order valence-corrected chi connectivity index (χ4v) is 1.09. The SMILES string of the molecule is COc1c(N)cccc1C(=O)OC(F)F. The van der Waals surface area contributed by atoms with Crippen LogP contribution < -0.4 is 10.5 Å². The number of nitrogens with two attached hydrogens (primary N) is 1. The summed E-state index contributed by atoms with van der Waals surface area (Å²) < 4.78 is 32.1. The van der Waals surface area contributed by atoms with Gasteiger partial charge in [0, 0.05) is 0 Å². The second-order valence-corrected chi connectivity index (χ2v) is 2.59. The third-order valence-electron chi connectivity index (χ3n) is 1.67. The molecule has 0 aliphatic rings. The van der Waals surface area contributed by atoms with Gasteiger partial charge in [-0.05, 0) is 12.1 Å². The van der Waals surface area contributed by atoms with Crippen LogP contribution in [0.15, 0.2) is 18.2 Å². The van der Waals surface area contributed by atoms with Crippen LogP contribution in [-0.2, 0) is 4.74 Å². The van der Waals surface area contributed by atoms with Crippen molar-refractivity contribution >= 4 is 11.7 Å². The van der Waals surface area contributed by atoms with Crippen LogP contribution in [0.4, 0.5) is 14.5 Å². The van der Waals surface area contributed by atoms with Crippen LogP contribution in [0.2, 0.25) is 0 Å². The number of anilines is 1. The normalized spacial score (nSPS) is 10.1. The van der Waals surface area contributed by atoms with Crippen molar-refractivity contribution in [2.45, 2.75) is 6.61 Å². The molecule has 0 bridgehead atoms. The van der Waals surface area contributed by atoms with Gasteiger partial charge in [0.2, 0.25) is 0 Å². The number of carbonyl (C=O) groups excluding carboxylic acids is 1. The Morgan fingerprint density at radius 3 is 2.67 bits per heavy atom. The smallest absolute Gasteiger partial charge is 0.389 e. The number of carbonyl (C=O) groups is 1. The average molecular weight is 217 g/mol. The fraction of sp³-hybridized carbons (Fsp3) is 0.222. The number of methoxy groups -OCH3 is 1. The molecule has 0 unspecified atom stereocenters. The summed E-state index contributed by atoms with van der Waals surface area (Å²) >= 11 is 0. The molecule has 0 atom stereocenters. The summed E-state index contributed by atoms with van der Waals surface area (Å²) in [4.78, 5) is 11.1. The van der Waals surface area contributed by atoms with Crippen molar-refractivity contribution in [1.29, 1.82) is 0 Å². The molecule has 1 aromatic carbocycles. The van der Waals surface area contributed by atoms with Gasteiger partial charge in [-0.15, -0.1) is 0 Å². The van der Waals surface area contributed by atoms with Crippen molar-refractivity contribution in [3.63, 3.8) is 0 Å². The second-order valence-electron chi connectivity index (χ2n) is 2.59. The molecule has 0 fully saturated rings. The Morgan fingerprint density at radius 2 is 2.13 bits per heavy atom. The quantitative estimate of drug-likeness (QED) is 0.617. The lowest BCUT2D eigenvalue weighted by molar-refractivity contribution is -0.0907. The highest BCUT2D eigenvalue weighted by atomic mass is 19.3. The first-order valence-electron chi connectivity index (χ1n) is 3.98. The zero-order chi connectivity index (χ0) is 11.4. The molecule has 0 amide bonds. The van der Waals surface area contributed by atoms with Gasteiger partial charge >= 0.3 is 12.6 Å². The van der Waals surface area contributed by atoms with Crippen molar-refractivity contribution in [2.24, 2.45) is 0 Å². The summed E-state index contributed by atoms with van der Waals surface area (Å²) in [5.41, 5.74) is 5.53. The number of halogens is 2. The predicted octanol–water partition coefficient (Wildman–Crippen LogP) is 1.66. The van der Waals surface area contributed by atoms with E-state index in [9.17, 15) is 13.6 Å². The Kier molecular flexibility index (Phi) is 3.43. The Labute approximate surface area is 84.6 Å². The van der Waals surface area contributed by atoms with Gasteiger partial charge in [0.25, 0.3) is 0 Å². The molecule has 0 saturated carbocycles. The maximum atomic E-state index is 11.8. The first-order chi connectivity index (χ1) is 7.06. The number of benzene rings is 1. The number of esters is 1. The van der Waals surface area contributed by atoms with Gasteiger partial charge in [0.05, 0.1) is 12.8 Å². The number of ether oxygens (including phenoxy) is 2. The van der Waals surface area contributed by atoms with Crippen LogP contribution >= 0.6 is 0 Å². The maximum absolute atomic E-state index is 11.8. The topological polar surface area (TPSA) is 61.5 Å². The molecule has 1 rings (SSSR count). The van der Waals surface area contributed by atoms with E-state index in [0.29, 0.717) is 0 Å². The highest BCUT2D eigenvalue weighted by Crippen LogP contribution is 2.26. The Morgan fingerprint density at radius 1 is 1.47 bits per heavy atom. The van der Waals surface area contributed by atoms with Crippen LogP contribution in [-0.4, -0.2) is 19.7 Å². The molecular weight excluding hydrogens is 208 g/mol. The second kappa shape index (κ2) is 4.59. The Hall–Kier alpha value is -1.85. The zero-order valence-corrected chi connectivity index (χ0v) is 7.87. The van der Waals surface area contributed by atoms with Gasteiger partial charge in [-0.2, -0.15) is 8.78 Å². The molecule has 82 valence electrons. The van der Waals surface area contributed by atoms with Gasteiger partial charge in [-0.1, -0.05) is 6.07 Å². The molecular formula is C9H9F2NO3. The minimum atomic E-state index is -3.16. The number of rotatable bonds is 3. The van der Waals surface area contributed by atoms with Crippen LogP contribution in [0.3, 0.4) is 0 Å². The van der Waals surface area contributed by atoms with E-state index in [4.69, 9.17) is 10.5 Å². The maximum Gasteiger partial charge on any atom is 0.389 e. The summed E-state index contributed by atoms with van der Waals surface area (Å²) in [6.07, 6.45) is 0. The van der Waals surface area contributed by atoms with Gasteiger partial charge in [-0.3, -0.25) is 0 Å². The highest BCUT2D eigenvalue weighted by Gasteiger charge is 2.18. The number of hydrogen-bond donors (Lipinski definition) is 1. The number of hydrogen-bond acceptors (Lipinski definition) is 4. The molecule has 0 aromatic heterocycles. The Balaban J connectivity index is 3.03. The average Bonchev–Trinajstić information content (AvgIpc) is 2.16. The van der Waals surface area contributed by atoms with Crippen LogP contribution in [0.25, 0.3) is 0 Å². The summed E-state index contributed by atoms with van der Waals surface area (Å²) in [7, 11) is 1.28. The molecule has 1 aromatic rings. The molecule has 6 heteroatoms. The van der Waals surface area contributed by atoms with Crippen molar-refractivity contribution in [1.82, 2.24) is 0 Å². The summed E-state index contributed by atoms with van der Waals surface area (Å²) in [6, 6.07) is 4.22. The number of alkyl halides is 2. The van der Waals surface area contributed by atoms with Crippen molar-refractivity contribution in [2.75, 3.05) is 12.8 Å². The first kappa shape index (κ1) is 11.2. The predicted molar refractivity (Wildman–Crippen MR) is 48.8 cm³/mol. The molecule has 0 radical (unpaired) electrons. The fourth-order valence-electron chi connectivity index (χ4n) is 1.09. The van der Waals surface area contributed by atoms with E-state index < -0.39 is 12.6 Å². The van der Waals surface area contributed by atoms with Crippen LogP contribution in [0, 0.1) is 0 Å². The molecule has 0 aliphatic carbocycles. The molecule has 0 heterocycles. The van der Waals surface area contributed by atoms with E-state index in [2.05, 4.69) is 4.74 Å². The van der Waals surface area contributed by atoms with Crippen LogP contribution in [0.1, 0.15) is 10.4 Å². The monoisotopic (exact) mass is 217 g/mol. The lowest BCUT2D eigenvalue weighted by Crippen LogP contribution is -2.11. The van der Waals surface area contributed by atoms with Crippen molar-refractivity contribution in [3.8, 4) is 5.75 Å². The van der Waals surface area contributed by atoms with E-state index in [1.807, 2.05) is 0 Å². The third-order valence-corrected chi connectivity index (χ3v) is 1.67. The molecule has 0 saturated heterocycles. The zero-order valence-electron chi connectivity index (χ0n) is 7.87. The standard InChI is InChI=1S/C9H9F2NO3/c1-14-7-5(3-2-4-6(7)12)8(13)15-9(10)11/h2-4,9H,12H2,1H3. The minimum absolute atomic E-state index is 0.0307. The molecule has 4 nitrogen and oxygen atoms in total. The van der Waals surface area contributed by atoms with Gasteiger partial charge in [0.1, 0.15) is 5.56 Å². The van der Waals surface area contributed by atoms with E-state index in [1.165, 1.54) is 25.3 Å². The third kappa shape index (κ3) is 2.55. The van der Waals surface area contributed by atoms with Gasteiger partial charge < -0.3 is 15.2 Å². The summed E-state index contributed by atoms with van der Waals surface area (Å²) in [6.45, 7) is -3.16. The molecule has 15 heavy (non-hydrogen) atoms. The van der Waals surface area contributed by atoms with Gasteiger partial charge in [0.15, 0.2) is 5.75 Å². The molecule has 0 spiro atoms. The lowest BCUT2D eigenvalue weighted by Gasteiger charge is -2.09. The summed E-state index contributed by atoms with van der Waals surface area (Å²) in [5.74, 6) is -1.14. The molecule has 0 aliphatic heterocycles. The number of nitrogen functional groups attached to an aromatic ring is 1. The Bertz CT molecular complexity index is 368. The highest BCUT2D eigenvalue weighted by molar-refractivity contribution is 5.94. The van der Waals surface area contributed by atoms with E-state index in [0.717, 1.165) is 0 Å². The minimum Gasteiger partial charge on any atom is -0.494 e. The summed E-state index contributed by atoms with van der Waals surface area (Å²) in [5, 5.41) is 0. The lowest BCUT2D eigenvalue weighted by atomic mass is 10.2. The van der Waals surface area contributed by atoms with E-state index in [1.54, 1.807) is 0 Å². The van der Waals surface area contributed by atoms with Gasteiger partial charge in [-0.25, -0.2) is 4.79 Å². The van der Waals surface area contributed by atoms with E-state index in [-0.39, 0.29) is 17.0 Å². The van der Waals surface area contributed by atoms with E-state index >= 15 is 0 Å². The number of para-hydroxylation sites is 1. The van der Waals surface area contributed by atoms with Crippen molar-refractivity contribution in [3.05, 3.63) is 23.8 Å². The van der Waals surface area contributed by atoms with Crippen LogP contribution in [0.5, 0.6) is 5.75 Å². The van der Waals surface area contributed by atoms with Crippen molar-refractivity contribution < 1.29 is 23.0 Å². The largest absolute Gasteiger partial charge is 0.494 e. The molecule has 2 N–H and O–H groups in total. The first-order valence-corrected chi connectivity index (χ1v) is 3.98.